The lowest BCUT2D eigenvalue weighted by atomic mass is 9.99. The Morgan fingerprint density at radius 2 is 1.12 bits per heavy atom. The Morgan fingerprint density at radius 1 is 0.521 bits per heavy atom. The molecule has 1 unspecified atom stereocenters. The predicted octanol–water partition coefficient (Wildman–Crippen LogP) is 11.2. The predicted molar refractivity (Wildman–Crippen MR) is 199 cm³/mol. The number of fused-ring (bicyclic) bond motifs is 4. The molecule has 2 heterocycles. The van der Waals surface area contributed by atoms with E-state index >= 15 is 0 Å². The van der Waals surface area contributed by atoms with Crippen molar-refractivity contribution >= 4 is 56.0 Å². The minimum Gasteiger partial charge on any atom is -0.456 e. The second-order valence-corrected chi connectivity index (χ2v) is 12.4. The number of nitrogens with one attached hydrogen (secondary N) is 1. The summed E-state index contributed by atoms with van der Waals surface area (Å²) in [4.78, 5) is 10.3. The average Bonchev–Trinajstić information content (AvgIpc) is 3.53. The Bertz CT molecular complexity index is 2530. The van der Waals surface area contributed by atoms with Crippen molar-refractivity contribution in [3.63, 3.8) is 0 Å². The molecule has 1 aliphatic heterocycles. The van der Waals surface area contributed by atoms with E-state index in [9.17, 15) is 0 Å². The lowest BCUT2D eigenvalue weighted by molar-refractivity contribution is 0.662. The molecule has 1 atom stereocenters. The lowest BCUT2D eigenvalue weighted by Gasteiger charge is -2.24. The zero-order valence-corrected chi connectivity index (χ0v) is 26.5. The normalized spacial score (nSPS) is 14.6. The molecule has 0 saturated heterocycles. The summed E-state index contributed by atoms with van der Waals surface area (Å²) in [5.74, 6) is 1.39. The molecule has 0 radical (unpaired) electrons. The smallest absolute Gasteiger partial charge is 0.159 e. The number of amidine groups is 2. The molecule has 8 aromatic rings. The van der Waals surface area contributed by atoms with Crippen molar-refractivity contribution in [3.8, 4) is 22.3 Å². The molecule has 9 rings (SSSR count). The van der Waals surface area contributed by atoms with Crippen molar-refractivity contribution in [1.29, 1.82) is 0 Å². The van der Waals surface area contributed by atoms with Gasteiger partial charge in [-0.25, -0.2) is 9.98 Å². The highest BCUT2D eigenvalue weighted by molar-refractivity contribution is 6.31. The molecule has 48 heavy (non-hydrogen) atoms. The van der Waals surface area contributed by atoms with E-state index in [1.165, 1.54) is 16.5 Å². The minimum absolute atomic E-state index is 0.452. The van der Waals surface area contributed by atoms with Crippen LogP contribution >= 0.6 is 11.6 Å². The molecule has 1 aromatic heterocycles. The van der Waals surface area contributed by atoms with Crippen LogP contribution in [0.3, 0.4) is 0 Å². The molecular formula is C43H28ClN3O. The third kappa shape index (κ3) is 5.13. The number of benzene rings is 7. The molecule has 0 fully saturated rings. The van der Waals surface area contributed by atoms with E-state index in [-0.39, 0.29) is 0 Å². The SMILES string of the molecule is Clc1cc(C2N=C(c3ccc(-c4ccc(-c5ccccc5)cc4)cc3)N=C(c3ccc4ccccc4c3)N2)c2c(c1)oc1ccccc12. The van der Waals surface area contributed by atoms with Crippen molar-refractivity contribution in [2.24, 2.45) is 9.98 Å². The van der Waals surface area contributed by atoms with E-state index < -0.39 is 6.17 Å². The third-order valence-corrected chi connectivity index (χ3v) is 9.22. The van der Waals surface area contributed by atoms with E-state index in [4.69, 9.17) is 26.0 Å². The van der Waals surface area contributed by atoms with Crippen molar-refractivity contribution < 1.29 is 4.42 Å². The van der Waals surface area contributed by atoms with Gasteiger partial charge in [0.25, 0.3) is 0 Å². The van der Waals surface area contributed by atoms with Crippen LogP contribution in [0.5, 0.6) is 0 Å². The molecule has 7 aromatic carbocycles. The van der Waals surface area contributed by atoms with Gasteiger partial charge in [0.1, 0.15) is 23.2 Å². The van der Waals surface area contributed by atoms with Gasteiger partial charge in [0.15, 0.2) is 5.84 Å². The Hall–Kier alpha value is -5.97. The summed E-state index contributed by atoms with van der Waals surface area (Å²) in [5, 5.41) is 8.57. The Labute approximate surface area is 282 Å². The molecule has 4 nitrogen and oxygen atoms in total. The lowest BCUT2D eigenvalue weighted by Crippen LogP contribution is -2.33. The third-order valence-electron chi connectivity index (χ3n) is 9.00. The van der Waals surface area contributed by atoms with Crippen LogP contribution in [0.15, 0.2) is 172 Å². The van der Waals surface area contributed by atoms with Crippen LogP contribution < -0.4 is 5.32 Å². The van der Waals surface area contributed by atoms with E-state index in [1.54, 1.807) is 0 Å². The fourth-order valence-corrected chi connectivity index (χ4v) is 6.80. The summed E-state index contributed by atoms with van der Waals surface area (Å²) in [5.41, 5.74) is 9.08. The monoisotopic (exact) mass is 637 g/mol. The quantitative estimate of drug-likeness (QED) is 0.204. The second-order valence-electron chi connectivity index (χ2n) is 12.0. The minimum atomic E-state index is -0.452. The number of hydrogen-bond donors (Lipinski definition) is 1. The number of para-hydroxylation sites is 1. The van der Waals surface area contributed by atoms with Gasteiger partial charge in [-0.3, -0.25) is 0 Å². The summed E-state index contributed by atoms with van der Waals surface area (Å²) in [6.07, 6.45) is -0.452. The van der Waals surface area contributed by atoms with E-state index in [2.05, 4.69) is 127 Å². The highest BCUT2D eigenvalue weighted by Crippen LogP contribution is 2.38. The maximum absolute atomic E-state index is 6.70. The average molecular weight is 638 g/mol. The topological polar surface area (TPSA) is 49.9 Å². The van der Waals surface area contributed by atoms with Crippen LogP contribution in [0.1, 0.15) is 22.9 Å². The standard InChI is InChI=1S/C43H28ClN3O/c44-35-25-37(40-36-12-6-7-13-38(36)48-39(40)26-35)43-46-41(45-42(47-43)34-23-20-28-10-4-5-11-33(28)24-34)32-21-18-31(19-22-32)30-16-14-29(15-17-30)27-8-2-1-3-9-27/h1-26,43H,(H,45,46,47). The molecule has 228 valence electrons. The molecule has 0 spiro atoms. The van der Waals surface area contributed by atoms with Crippen LogP contribution in [0.25, 0.3) is 55.0 Å². The van der Waals surface area contributed by atoms with Gasteiger partial charge in [0.2, 0.25) is 0 Å². The fourth-order valence-electron chi connectivity index (χ4n) is 6.59. The summed E-state index contributed by atoms with van der Waals surface area (Å²) in [6, 6.07) is 54.3. The molecule has 1 N–H and O–H groups in total. The largest absolute Gasteiger partial charge is 0.456 e. The van der Waals surface area contributed by atoms with Gasteiger partial charge in [-0.05, 0) is 51.2 Å². The van der Waals surface area contributed by atoms with Gasteiger partial charge in [0, 0.05) is 38.6 Å². The number of aliphatic imine (C=N–C) groups is 2. The Balaban J connectivity index is 1.13. The van der Waals surface area contributed by atoms with E-state index in [0.717, 1.165) is 61.0 Å². The molecule has 0 aliphatic carbocycles. The van der Waals surface area contributed by atoms with Crippen LogP contribution in [0.4, 0.5) is 0 Å². The van der Waals surface area contributed by atoms with Crippen LogP contribution in [0.2, 0.25) is 5.02 Å². The fraction of sp³-hybridized carbons (Fsp3) is 0.0233. The van der Waals surface area contributed by atoms with Gasteiger partial charge < -0.3 is 9.73 Å². The van der Waals surface area contributed by atoms with Gasteiger partial charge in [-0.2, -0.15) is 0 Å². The van der Waals surface area contributed by atoms with Crippen LogP contribution in [-0.2, 0) is 0 Å². The van der Waals surface area contributed by atoms with Gasteiger partial charge in [0.05, 0.1) is 0 Å². The highest BCUT2D eigenvalue weighted by Gasteiger charge is 2.25. The van der Waals surface area contributed by atoms with Crippen molar-refractivity contribution in [3.05, 3.63) is 179 Å². The Kier molecular flexibility index (Phi) is 6.88. The van der Waals surface area contributed by atoms with Crippen molar-refractivity contribution in [2.75, 3.05) is 0 Å². The van der Waals surface area contributed by atoms with E-state index in [1.807, 2.05) is 36.4 Å². The van der Waals surface area contributed by atoms with Gasteiger partial charge >= 0.3 is 0 Å². The Morgan fingerprint density at radius 3 is 1.88 bits per heavy atom. The first-order valence-corrected chi connectivity index (χ1v) is 16.3. The first-order chi connectivity index (χ1) is 23.7. The zero-order chi connectivity index (χ0) is 32.0. The van der Waals surface area contributed by atoms with Crippen LogP contribution in [0, 0.1) is 0 Å². The number of halogens is 1. The molecule has 5 heteroatoms. The molecule has 0 bridgehead atoms. The maximum atomic E-state index is 6.70. The maximum Gasteiger partial charge on any atom is 0.159 e. The molecular weight excluding hydrogens is 610 g/mol. The molecule has 1 aliphatic rings. The molecule has 0 amide bonds. The number of furan rings is 1. The number of nitrogens with zero attached hydrogens (tertiary/aromatic N) is 2. The van der Waals surface area contributed by atoms with Crippen molar-refractivity contribution in [1.82, 2.24) is 5.32 Å². The summed E-state index contributed by atoms with van der Waals surface area (Å²) >= 11 is 6.70. The summed E-state index contributed by atoms with van der Waals surface area (Å²) in [7, 11) is 0. The van der Waals surface area contributed by atoms with E-state index in [0.29, 0.717) is 10.9 Å². The highest BCUT2D eigenvalue weighted by atomic mass is 35.5. The first-order valence-electron chi connectivity index (χ1n) is 16.0. The van der Waals surface area contributed by atoms with Gasteiger partial charge in [-0.15, -0.1) is 0 Å². The molecule has 0 saturated carbocycles. The zero-order valence-electron chi connectivity index (χ0n) is 25.8. The van der Waals surface area contributed by atoms with Crippen LogP contribution in [-0.4, -0.2) is 11.7 Å². The second kappa shape index (κ2) is 11.7. The summed E-state index contributed by atoms with van der Waals surface area (Å²) < 4.78 is 6.23. The number of hydrogen-bond acceptors (Lipinski definition) is 4. The summed E-state index contributed by atoms with van der Waals surface area (Å²) in [6.45, 7) is 0. The van der Waals surface area contributed by atoms with Gasteiger partial charge in [-0.1, -0.05) is 145 Å². The first kappa shape index (κ1) is 28.3. The number of rotatable bonds is 5. The van der Waals surface area contributed by atoms with Crippen molar-refractivity contribution in [2.45, 2.75) is 6.17 Å².